The summed E-state index contributed by atoms with van der Waals surface area (Å²) in [6.45, 7) is 2.88. The second kappa shape index (κ2) is 4.83. The minimum atomic E-state index is -0.122. The molecule has 0 saturated heterocycles. The molecule has 0 heterocycles. The second-order valence-electron chi connectivity index (χ2n) is 4.03. The van der Waals surface area contributed by atoms with Gasteiger partial charge < -0.3 is 10.8 Å². The van der Waals surface area contributed by atoms with Crippen molar-refractivity contribution >= 4 is 0 Å². The summed E-state index contributed by atoms with van der Waals surface area (Å²) >= 11 is 0. The normalized spacial score (nSPS) is 36.8. The van der Waals surface area contributed by atoms with Crippen molar-refractivity contribution in [2.24, 2.45) is 17.6 Å². The predicted octanol–water partition coefficient (Wildman–Crippen LogP) is 1.52. The van der Waals surface area contributed by atoms with Gasteiger partial charge in [0.25, 0.3) is 0 Å². The summed E-state index contributed by atoms with van der Waals surface area (Å²) in [6, 6.07) is 0. The average Bonchev–Trinajstić information content (AvgIpc) is 2.09. The Hall–Kier alpha value is -0.0800. The van der Waals surface area contributed by atoms with Gasteiger partial charge in [0.05, 0.1) is 6.10 Å². The number of aliphatic hydroxyl groups is 1. The molecule has 3 atom stereocenters. The van der Waals surface area contributed by atoms with Crippen molar-refractivity contribution < 1.29 is 5.11 Å². The molecule has 3 unspecified atom stereocenters. The highest BCUT2D eigenvalue weighted by atomic mass is 16.3. The van der Waals surface area contributed by atoms with Gasteiger partial charge >= 0.3 is 0 Å². The minimum absolute atomic E-state index is 0.122. The van der Waals surface area contributed by atoms with Gasteiger partial charge in [-0.05, 0) is 37.6 Å². The lowest BCUT2D eigenvalue weighted by Crippen LogP contribution is -2.34. The molecule has 1 aliphatic carbocycles. The quantitative estimate of drug-likeness (QED) is 0.676. The fourth-order valence-electron chi connectivity index (χ4n) is 2.27. The molecule has 0 aromatic heterocycles. The van der Waals surface area contributed by atoms with Crippen molar-refractivity contribution in [3.05, 3.63) is 0 Å². The van der Waals surface area contributed by atoms with Crippen molar-refractivity contribution in [2.45, 2.75) is 45.1 Å². The van der Waals surface area contributed by atoms with E-state index in [1.807, 2.05) is 0 Å². The highest BCUT2D eigenvalue weighted by molar-refractivity contribution is 4.79. The molecule has 0 bridgehead atoms. The third-order valence-corrected chi connectivity index (χ3v) is 3.05. The Kier molecular flexibility index (Phi) is 4.02. The maximum absolute atomic E-state index is 9.57. The smallest absolute Gasteiger partial charge is 0.0580 e. The van der Waals surface area contributed by atoms with E-state index in [0.29, 0.717) is 12.5 Å². The lowest BCUT2D eigenvalue weighted by atomic mass is 9.78. The first kappa shape index (κ1) is 10.0. The molecule has 0 amide bonds. The van der Waals surface area contributed by atoms with Gasteiger partial charge in [-0.3, -0.25) is 0 Å². The van der Waals surface area contributed by atoms with E-state index in [2.05, 4.69) is 6.92 Å². The van der Waals surface area contributed by atoms with Crippen LogP contribution in [0.5, 0.6) is 0 Å². The molecule has 1 fully saturated rings. The van der Waals surface area contributed by atoms with Crippen molar-refractivity contribution in [2.75, 3.05) is 6.54 Å². The van der Waals surface area contributed by atoms with Gasteiger partial charge in [0.2, 0.25) is 0 Å². The van der Waals surface area contributed by atoms with Crippen LogP contribution in [0.3, 0.4) is 0 Å². The van der Waals surface area contributed by atoms with Crippen LogP contribution in [0.25, 0.3) is 0 Å². The van der Waals surface area contributed by atoms with Crippen molar-refractivity contribution in [1.29, 1.82) is 0 Å². The van der Waals surface area contributed by atoms with E-state index in [1.165, 1.54) is 19.3 Å². The minimum Gasteiger partial charge on any atom is -0.393 e. The molecule has 12 heavy (non-hydrogen) atoms. The van der Waals surface area contributed by atoms with Gasteiger partial charge in [-0.15, -0.1) is 0 Å². The van der Waals surface area contributed by atoms with E-state index in [9.17, 15) is 5.11 Å². The number of hydrogen-bond acceptors (Lipinski definition) is 2. The van der Waals surface area contributed by atoms with E-state index >= 15 is 0 Å². The lowest BCUT2D eigenvalue weighted by molar-refractivity contribution is 0.0504. The summed E-state index contributed by atoms with van der Waals surface area (Å²) in [5, 5.41) is 9.57. The van der Waals surface area contributed by atoms with Crippen LogP contribution >= 0.6 is 0 Å². The SMILES string of the molecule is CCCC1CCC(O)C(CN)C1. The third kappa shape index (κ3) is 2.46. The third-order valence-electron chi connectivity index (χ3n) is 3.05. The zero-order valence-electron chi connectivity index (χ0n) is 8.00. The predicted molar refractivity (Wildman–Crippen MR) is 50.8 cm³/mol. The first-order chi connectivity index (χ1) is 5.77. The number of nitrogens with two attached hydrogens (primary N) is 1. The molecule has 2 nitrogen and oxygen atoms in total. The highest BCUT2D eigenvalue weighted by Gasteiger charge is 2.27. The molecule has 3 N–H and O–H groups in total. The topological polar surface area (TPSA) is 46.2 Å². The molecule has 0 aliphatic heterocycles. The van der Waals surface area contributed by atoms with Gasteiger partial charge in [-0.25, -0.2) is 0 Å². The Morgan fingerprint density at radius 3 is 2.75 bits per heavy atom. The van der Waals surface area contributed by atoms with E-state index < -0.39 is 0 Å². The molecule has 2 heteroatoms. The second-order valence-corrected chi connectivity index (χ2v) is 4.03. The number of hydrogen-bond donors (Lipinski definition) is 2. The van der Waals surface area contributed by atoms with Gasteiger partial charge in [0.15, 0.2) is 0 Å². The molecule has 1 saturated carbocycles. The largest absolute Gasteiger partial charge is 0.393 e. The first-order valence-corrected chi connectivity index (χ1v) is 5.16. The molecule has 0 radical (unpaired) electrons. The van der Waals surface area contributed by atoms with Crippen LogP contribution in [-0.4, -0.2) is 17.8 Å². The van der Waals surface area contributed by atoms with E-state index in [4.69, 9.17) is 5.73 Å². The monoisotopic (exact) mass is 171 g/mol. The van der Waals surface area contributed by atoms with Gasteiger partial charge in [-0.2, -0.15) is 0 Å². The first-order valence-electron chi connectivity index (χ1n) is 5.16. The van der Waals surface area contributed by atoms with Crippen LogP contribution in [0.15, 0.2) is 0 Å². The maximum Gasteiger partial charge on any atom is 0.0580 e. The van der Waals surface area contributed by atoms with Crippen molar-refractivity contribution in [1.82, 2.24) is 0 Å². The average molecular weight is 171 g/mol. The van der Waals surface area contributed by atoms with Crippen LogP contribution in [0.2, 0.25) is 0 Å². The molecule has 0 aromatic carbocycles. The zero-order chi connectivity index (χ0) is 8.97. The van der Waals surface area contributed by atoms with E-state index in [1.54, 1.807) is 0 Å². The molecular weight excluding hydrogens is 150 g/mol. The summed E-state index contributed by atoms with van der Waals surface area (Å²) < 4.78 is 0. The molecule has 0 spiro atoms. The summed E-state index contributed by atoms with van der Waals surface area (Å²) in [7, 11) is 0. The number of rotatable bonds is 3. The summed E-state index contributed by atoms with van der Waals surface area (Å²) in [6.07, 6.45) is 5.76. The Bertz CT molecular complexity index is 127. The zero-order valence-corrected chi connectivity index (χ0v) is 8.00. The van der Waals surface area contributed by atoms with Crippen LogP contribution in [0, 0.1) is 11.8 Å². The molecule has 1 aliphatic rings. The van der Waals surface area contributed by atoms with Gasteiger partial charge in [0, 0.05) is 0 Å². The molecule has 1 rings (SSSR count). The Balaban J connectivity index is 2.33. The van der Waals surface area contributed by atoms with Gasteiger partial charge in [0.1, 0.15) is 0 Å². The summed E-state index contributed by atoms with van der Waals surface area (Å²) in [5.74, 6) is 1.20. The van der Waals surface area contributed by atoms with E-state index in [0.717, 1.165) is 18.8 Å². The summed E-state index contributed by atoms with van der Waals surface area (Å²) in [5.41, 5.74) is 5.59. The Morgan fingerprint density at radius 1 is 1.42 bits per heavy atom. The standard InChI is InChI=1S/C10H21NO/c1-2-3-8-4-5-10(12)9(6-8)7-11/h8-10,12H,2-7,11H2,1H3. The maximum atomic E-state index is 9.57. The van der Waals surface area contributed by atoms with Crippen LogP contribution in [0.1, 0.15) is 39.0 Å². The van der Waals surface area contributed by atoms with Crippen LogP contribution < -0.4 is 5.73 Å². The molecular formula is C10H21NO. The van der Waals surface area contributed by atoms with Crippen LogP contribution in [-0.2, 0) is 0 Å². The van der Waals surface area contributed by atoms with E-state index in [-0.39, 0.29) is 6.10 Å². The Labute approximate surface area is 75.2 Å². The van der Waals surface area contributed by atoms with Gasteiger partial charge in [-0.1, -0.05) is 19.8 Å². The fourth-order valence-corrected chi connectivity index (χ4v) is 2.27. The number of aliphatic hydroxyl groups excluding tert-OH is 1. The Morgan fingerprint density at radius 2 is 2.17 bits per heavy atom. The lowest BCUT2D eigenvalue weighted by Gasteiger charge is -2.32. The summed E-state index contributed by atoms with van der Waals surface area (Å²) in [4.78, 5) is 0. The molecule has 72 valence electrons. The fraction of sp³-hybridized carbons (Fsp3) is 1.00. The molecule has 0 aromatic rings. The van der Waals surface area contributed by atoms with Crippen molar-refractivity contribution in [3.63, 3.8) is 0 Å². The van der Waals surface area contributed by atoms with Crippen molar-refractivity contribution in [3.8, 4) is 0 Å². The van der Waals surface area contributed by atoms with Crippen LogP contribution in [0.4, 0.5) is 0 Å². The highest BCUT2D eigenvalue weighted by Crippen LogP contribution is 2.31.